The number of hydrogen-bond acceptors (Lipinski definition) is 5. The van der Waals surface area contributed by atoms with Crippen LogP contribution in [0.2, 0.25) is 0 Å². The van der Waals surface area contributed by atoms with Crippen LogP contribution in [0.5, 0.6) is 5.88 Å². The fraction of sp³-hybridized carbons (Fsp3) is 0.667. The molecule has 1 aromatic rings. The number of nitrogen functional groups attached to an aromatic ring is 1. The number of nitrogens with zero attached hydrogens (tertiary/aromatic N) is 2. The maximum atomic E-state index is 5.98. The summed E-state index contributed by atoms with van der Waals surface area (Å²) < 4.78 is 5.52. The Bertz CT molecular complexity index is 388. The second-order valence-electron chi connectivity index (χ2n) is 5.03. The van der Waals surface area contributed by atoms with Crippen molar-refractivity contribution in [2.24, 2.45) is 5.92 Å². The third kappa shape index (κ3) is 2.78. The van der Waals surface area contributed by atoms with Crippen molar-refractivity contribution in [2.75, 3.05) is 11.1 Å². The van der Waals surface area contributed by atoms with Crippen LogP contribution in [-0.4, -0.2) is 22.1 Å². The first-order chi connectivity index (χ1) is 8.06. The Morgan fingerprint density at radius 3 is 2.71 bits per heavy atom. The predicted octanol–water partition coefficient (Wildman–Crippen LogP) is 2.06. The fourth-order valence-corrected chi connectivity index (χ4v) is 2.03. The molecule has 0 spiro atoms. The molecule has 5 nitrogen and oxygen atoms in total. The van der Waals surface area contributed by atoms with Crippen LogP contribution in [0.4, 0.5) is 11.5 Å². The van der Waals surface area contributed by atoms with E-state index in [0.717, 1.165) is 5.92 Å². The first-order valence-electron chi connectivity index (χ1n) is 6.10. The molecule has 5 heteroatoms. The zero-order valence-corrected chi connectivity index (χ0v) is 10.6. The number of aromatic nitrogens is 2. The van der Waals surface area contributed by atoms with Crippen LogP contribution >= 0.6 is 0 Å². The van der Waals surface area contributed by atoms with Crippen molar-refractivity contribution < 1.29 is 4.74 Å². The molecule has 0 atom stereocenters. The van der Waals surface area contributed by atoms with Crippen LogP contribution in [0.1, 0.15) is 33.6 Å². The van der Waals surface area contributed by atoms with E-state index in [1.807, 2.05) is 13.8 Å². The number of nitrogens with two attached hydrogens (primary N) is 1. The molecule has 1 fully saturated rings. The van der Waals surface area contributed by atoms with Crippen molar-refractivity contribution in [3.05, 3.63) is 6.33 Å². The van der Waals surface area contributed by atoms with Gasteiger partial charge < -0.3 is 15.8 Å². The first-order valence-corrected chi connectivity index (χ1v) is 6.10. The Kier molecular flexibility index (Phi) is 3.36. The Balaban J connectivity index is 2.06. The molecule has 1 heterocycles. The van der Waals surface area contributed by atoms with Gasteiger partial charge in [0.25, 0.3) is 0 Å². The highest BCUT2D eigenvalue weighted by molar-refractivity contribution is 5.66. The second-order valence-corrected chi connectivity index (χ2v) is 5.03. The standard InChI is InChI=1S/C12H20N4O/c1-7(2)17-12-10(13)11(14-6-15-12)16-9-4-8(3)5-9/h6-9H,4-5,13H2,1-3H3,(H,14,15,16). The van der Waals surface area contributed by atoms with E-state index < -0.39 is 0 Å². The molecule has 0 aromatic carbocycles. The molecule has 1 aliphatic carbocycles. The van der Waals surface area contributed by atoms with Crippen LogP contribution in [0, 0.1) is 5.92 Å². The highest BCUT2D eigenvalue weighted by atomic mass is 16.5. The van der Waals surface area contributed by atoms with Crippen molar-refractivity contribution in [3.63, 3.8) is 0 Å². The van der Waals surface area contributed by atoms with Gasteiger partial charge in [0.05, 0.1) is 6.10 Å². The minimum atomic E-state index is 0.0591. The summed E-state index contributed by atoms with van der Waals surface area (Å²) in [5.41, 5.74) is 6.48. The van der Waals surface area contributed by atoms with Gasteiger partial charge in [-0.3, -0.25) is 0 Å². The van der Waals surface area contributed by atoms with Gasteiger partial charge in [-0.15, -0.1) is 0 Å². The maximum Gasteiger partial charge on any atom is 0.242 e. The summed E-state index contributed by atoms with van der Waals surface area (Å²) in [6.45, 7) is 6.14. The van der Waals surface area contributed by atoms with Crippen molar-refractivity contribution in [3.8, 4) is 5.88 Å². The Labute approximate surface area is 102 Å². The van der Waals surface area contributed by atoms with Gasteiger partial charge in [0, 0.05) is 6.04 Å². The van der Waals surface area contributed by atoms with E-state index in [4.69, 9.17) is 10.5 Å². The van der Waals surface area contributed by atoms with Gasteiger partial charge in [-0.2, -0.15) is 4.98 Å². The van der Waals surface area contributed by atoms with Gasteiger partial charge >= 0.3 is 0 Å². The first kappa shape index (κ1) is 12.0. The van der Waals surface area contributed by atoms with Crippen molar-refractivity contribution in [1.82, 2.24) is 9.97 Å². The quantitative estimate of drug-likeness (QED) is 0.837. The van der Waals surface area contributed by atoms with E-state index in [1.165, 1.54) is 19.2 Å². The minimum Gasteiger partial charge on any atom is -0.473 e. The van der Waals surface area contributed by atoms with Gasteiger partial charge in [0.15, 0.2) is 5.82 Å². The summed E-state index contributed by atoms with van der Waals surface area (Å²) >= 11 is 0. The van der Waals surface area contributed by atoms with E-state index in [0.29, 0.717) is 23.4 Å². The van der Waals surface area contributed by atoms with E-state index in [9.17, 15) is 0 Å². The summed E-state index contributed by atoms with van der Waals surface area (Å²) in [4.78, 5) is 8.21. The van der Waals surface area contributed by atoms with Gasteiger partial charge in [0.2, 0.25) is 5.88 Å². The maximum absolute atomic E-state index is 5.98. The van der Waals surface area contributed by atoms with Gasteiger partial charge in [-0.05, 0) is 32.6 Å². The highest BCUT2D eigenvalue weighted by Gasteiger charge is 2.26. The second kappa shape index (κ2) is 4.77. The summed E-state index contributed by atoms with van der Waals surface area (Å²) in [5.74, 6) is 1.94. The average molecular weight is 236 g/mol. The van der Waals surface area contributed by atoms with Crippen LogP contribution < -0.4 is 15.8 Å². The van der Waals surface area contributed by atoms with Crippen molar-refractivity contribution >= 4 is 11.5 Å². The number of hydrogen-bond donors (Lipinski definition) is 2. The summed E-state index contributed by atoms with van der Waals surface area (Å²) in [5, 5.41) is 3.33. The molecule has 1 saturated carbocycles. The summed E-state index contributed by atoms with van der Waals surface area (Å²) in [7, 11) is 0. The molecule has 0 bridgehead atoms. The minimum absolute atomic E-state index is 0.0591. The summed E-state index contributed by atoms with van der Waals surface area (Å²) in [6, 6.07) is 0.481. The molecular formula is C12H20N4O. The third-order valence-electron chi connectivity index (χ3n) is 2.91. The lowest BCUT2D eigenvalue weighted by Gasteiger charge is -2.33. The average Bonchev–Trinajstić information content (AvgIpc) is 2.21. The van der Waals surface area contributed by atoms with Gasteiger partial charge in [-0.25, -0.2) is 4.98 Å². The highest BCUT2D eigenvalue weighted by Crippen LogP contribution is 2.32. The third-order valence-corrected chi connectivity index (χ3v) is 2.91. The molecule has 0 aliphatic heterocycles. The molecule has 17 heavy (non-hydrogen) atoms. The predicted molar refractivity (Wildman–Crippen MR) is 68.0 cm³/mol. The molecule has 94 valence electrons. The molecule has 0 saturated heterocycles. The van der Waals surface area contributed by atoms with Crippen LogP contribution in [0.3, 0.4) is 0 Å². The monoisotopic (exact) mass is 236 g/mol. The lowest BCUT2D eigenvalue weighted by Crippen LogP contribution is -2.34. The largest absolute Gasteiger partial charge is 0.473 e. The van der Waals surface area contributed by atoms with Gasteiger partial charge in [-0.1, -0.05) is 6.92 Å². The van der Waals surface area contributed by atoms with Crippen LogP contribution in [-0.2, 0) is 0 Å². The smallest absolute Gasteiger partial charge is 0.242 e. The topological polar surface area (TPSA) is 73.1 Å². The fourth-order valence-electron chi connectivity index (χ4n) is 2.03. The zero-order chi connectivity index (χ0) is 12.4. The van der Waals surface area contributed by atoms with Crippen molar-refractivity contribution in [2.45, 2.75) is 45.8 Å². The number of ether oxygens (including phenoxy) is 1. The lowest BCUT2D eigenvalue weighted by molar-refractivity contribution is 0.234. The lowest BCUT2D eigenvalue weighted by atomic mass is 9.82. The SMILES string of the molecule is CC1CC(Nc2ncnc(OC(C)C)c2N)C1. The van der Waals surface area contributed by atoms with Crippen molar-refractivity contribution in [1.29, 1.82) is 0 Å². The van der Waals surface area contributed by atoms with E-state index in [2.05, 4.69) is 22.2 Å². The van der Waals surface area contributed by atoms with Gasteiger partial charge in [0.1, 0.15) is 12.0 Å². The van der Waals surface area contributed by atoms with Crippen LogP contribution in [0.25, 0.3) is 0 Å². The molecule has 3 N–H and O–H groups in total. The number of rotatable bonds is 4. The molecule has 2 rings (SSSR count). The zero-order valence-electron chi connectivity index (χ0n) is 10.6. The molecule has 1 aromatic heterocycles. The van der Waals surface area contributed by atoms with E-state index in [-0.39, 0.29) is 6.10 Å². The van der Waals surface area contributed by atoms with E-state index in [1.54, 1.807) is 0 Å². The summed E-state index contributed by atoms with van der Waals surface area (Å²) in [6.07, 6.45) is 3.88. The Morgan fingerprint density at radius 1 is 1.41 bits per heavy atom. The normalized spacial score (nSPS) is 23.3. The molecular weight excluding hydrogens is 216 g/mol. The van der Waals surface area contributed by atoms with E-state index >= 15 is 0 Å². The molecule has 1 aliphatic rings. The number of nitrogens with one attached hydrogen (secondary N) is 1. The number of anilines is 2. The molecule has 0 unspecified atom stereocenters. The molecule has 0 radical (unpaired) electrons. The van der Waals surface area contributed by atoms with Crippen LogP contribution in [0.15, 0.2) is 6.33 Å². The molecule has 0 amide bonds. The Morgan fingerprint density at radius 2 is 2.12 bits per heavy atom. The Hall–Kier alpha value is -1.52.